The summed E-state index contributed by atoms with van der Waals surface area (Å²) in [5.41, 5.74) is 5.08. The number of halogens is 1. The zero-order chi connectivity index (χ0) is 14.7. The third-order valence-electron chi connectivity index (χ3n) is 3.86. The number of hydrogen-bond donors (Lipinski definition) is 1. The molecule has 0 fully saturated rings. The van der Waals surface area contributed by atoms with E-state index in [0.29, 0.717) is 0 Å². The molecule has 0 amide bonds. The van der Waals surface area contributed by atoms with Crippen molar-refractivity contribution >= 4 is 11.6 Å². The number of rotatable bonds is 5. The van der Waals surface area contributed by atoms with Crippen molar-refractivity contribution in [1.29, 1.82) is 0 Å². The van der Waals surface area contributed by atoms with Gasteiger partial charge in [0.05, 0.1) is 19.3 Å². The summed E-state index contributed by atoms with van der Waals surface area (Å²) in [6.07, 6.45) is 1.10. The van der Waals surface area contributed by atoms with Crippen LogP contribution in [0.5, 0.6) is 0 Å². The van der Waals surface area contributed by atoms with Crippen molar-refractivity contribution in [2.24, 2.45) is 0 Å². The van der Waals surface area contributed by atoms with Crippen LogP contribution in [0, 0.1) is 0 Å². The minimum absolute atomic E-state index is 0.176. The van der Waals surface area contributed by atoms with Gasteiger partial charge in [-0.1, -0.05) is 48.9 Å². The number of fused-ring (bicyclic) bond motifs is 1. The highest BCUT2D eigenvalue weighted by molar-refractivity contribution is 6.30. The third-order valence-corrected chi connectivity index (χ3v) is 4.09. The van der Waals surface area contributed by atoms with Crippen molar-refractivity contribution in [2.75, 3.05) is 6.54 Å². The van der Waals surface area contributed by atoms with Crippen LogP contribution < -0.4 is 5.32 Å². The summed E-state index contributed by atoms with van der Waals surface area (Å²) in [6.45, 7) is 4.61. The van der Waals surface area contributed by atoms with Gasteiger partial charge in [-0.25, -0.2) is 0 Å². The molecule has 1 unspecified atom stereocenters. The van der Waals surface area contributed by atoms with Gasteiger partial charge in [-0.2, -0.15) is 0 Å². The molecule has 2 nitrogen and oxygen atoms in total. The van der Waals surface area contributed by atoms with Gasteiger partial charge in [-0.15, -0.1) is 0 Å². The lowest BCUT2D eigenvalue weighted by atomic mass is 9.95. The maximum Gasteiger partial charge on any atom is 0.0725 e. The highest BCUT2D eigenvalue weighted by Crippen LogP contribution is 2.28. The monoisotopic (exact) mass is 301 g/mol. The van der Waals surface area contributed by atoms with Gasteiger partial charge in [0.25, 0.3) is 0 Å². The predicted molar refractivity (Wildman–Crippen MR) is 86.5 cm³/mol. The summed E-state index contributed by atoms with van der Waals surface area (Å²) in [5, 5.41) is 4.40. The lowest BCUT2D eigenvalue weighted by Gasteiger charge is -2.20. The van der Waals surface area contributed by atoms with E-state index in [4.69, 9.17) is 16.3 Å². The molecule has 3 rings (SSSR count). The van der Waals surface area contributed by atoms with Crippen molar-refractivity contribution in [1.82, 2.24) is 5.32 Å². The van der Waals surface area contributed by atoms with Crippen LogP contribution in [-0.4, -0.2) is 6.54 Å². The molecule has 2 aromatic carbocycles. The Kier molecular flexibility index (Phi) is 4.59. The number of hydrogen-bond acceptors (Lipinski definition) is 2. The first-order valence-corrected chi connectivity index (χ1v) is 7.84. The summed E-state index contributed by atoms with van der Waals surface area (Å²) in [5.74, 6) is 0. The van der Waals surface area contributed by atoms with Crippen LogP contribution in [0.15, 0.2) is 42.5 Å². The summed E-state index contributed by atoms with van der Waals surface area (Å²) < 4.78 is 5.51. The van der Waals surface area contributed by atoms with E-state index in [2.05, 4.69) is 36.5 Å². The van der Waals surface area contributed by atoms with Crippen LogP contribution >= 0.6 is 11.6 Å². The molecule has 0 saturated carbocycles. The summed E-state index contributed by atoms with van der Waals surface area (Å²) >= 11 is 6.16. The quantitative estimate of drug-likeness (QED) is 0.880. The molecule has 0 spiro atoms. The molecular formula is C18H20ClNO. The van der Waals surface area contributed by atoms with E-state index in [1.807, 2.05) is 18.2 Å². The molecule has 1 N–H and O–H groups in total. The van der Waals surface area contributed by atoms with Crippen LogP contribution in [0.1, 0.15) is 41.6 Å². The van der Waals surface area contributed by atoms with Crippen molar-refractivity contribution in [3.63, 3.8) is 0 Å². The fourth-order valence-electron chi connectivity index (χ4n) is 2.77. The maximum atomic E-state index is 6.16. The standard InChI is InChI=1S/C18H20ClNO/c1-2-8-20-18(13-4-3-5-17(19)10-13)14-6-7-15-11-21-12-16(15)9-14/h3-7,9-10,18,20H,2,8,11-12H2,1H3. The number of nitrogens with one attached hydrogen (secondary N) is 1. The topological polar surface area (TPSA) is 21.3 Å². The van der Waals surface area contributed by atoms with E-state index in [9.17, 15) is 0 Å². The molecular weight excluding hydrogens is 282 g/mol. The summed E-state index contributed by atoms with van der Waals surface area (Å²) in [7, 11) is 0. The second-order valence-corrected chi connectivity index (χ2v) is 5.90. The Morgan fingerprint density at radius 3 is 2.71 bits per heavy atom. The normalized spacial score (nSPS) is 15.0. The summed E-state index contributed by atoms with van der Waals surface area (Å²) in [4.78, 5) is 0. The highest BCUT2D eigenvalue weighted by Gasteiger charge is 2.17. The van der Waals surface area contributed by atoms with Crippen molar-refractivity contribution < 1.29 is 4.74 Å². The van der Waals surface area contributed by atoms with Gasteiger partial charge >= 0.3 is 0 Å². The van der Waals surface area contributed by atoms with Crippen LogP contribution in [-0.2, 0) is 18.0 Å². The first-order valence-electron chi connectivity index (χ1n) is 7.46. The molecule has 1 aliphatic heterocycles. The van der Waals surface area contributed by atoms with E-state index in [1.165, 1.54) is 22.3 Å². The smallest absolute Gasteiger partial charge is 0.0725 e. The van der Waals surface area contributed by atoms with Crippen LogP contribution in [0.4, 0.5) is 0 Å². The predicted octanol–water partition coefficient (Wildman–Crippen LogP) is 4.46. The molecule has 0 aromatic heterocycles. The Balaban J connectivity index is 1.95. The van der Waals surface area contributed by atoms with Gasteiger partial charge in [0.2, 0.25) is 0 Å². The fraction of sp³-hybridized carbons (Fsp3) is 0.333. The lowest BCUT2D eigenvalue weighted by Crippen LogP contribution is -2.23. The Labute approximate surface area is 131 Å². The molecule has 0 radical (unpaired) electrons. The van der Waals surface area contributed by atoms with E-state index in [0.717, 1.165) is 31.2 Å². The molecule has 110 valence electrons. The van der Waals surface area contributed by atoms with E-state index in [-0.39, 0.29) is 6.04 Å². The SMILES string of the molecule is CCCNC(c1cccc(Cl)c1)c1ccc2c(c1)COC2. The Morgan fingerprint density at radius 2 is 1.90 bits per heavy atom. The van der Waals surface area contributed by atoms with Crippen LogP contribution in [0.25, 0.3) is 0 Å². The van der Waals surface area contributed by atoms with Gasteiger partial charge in [0, 0.05) is 5.02 Å². The average molecular weight is 302 g/mol. The molecule has 3 heteroatoms. The highest BCUT2D eigenvalue weighted by atomic mass is 35.5. The van der Waals surface area contributed by atoms with Crippen molar-refractivity contribution in [2.45, 2.75) is 32.6 Å². The van der Waals surface area contributed by atoms with Crippen molar-refractivity contribution in [3.05, 3.63) is 69.7 Å². The molecule has 1 heterocycles. The fourth-order valence-corrected chi connectivity index (χ4v) is 2.97. The molecule has 0 aliphatic carbocycles. The zero-order valence-electron chi connectivity index (χ0n) is 12.2. The Hall–Kier alpha value is -1.35. The minimum Gasteiger partial charge on any atom is -0.372 e. The van der Waals surface area contributed by atoms with Crippen LogP contribution in [0.2, 0.25) is 5.02 Å². The van der Waals surface area contributed by atoms with E-state index in [1.54, 1.807) is 0 Å². The number of benzene rings is 2. The second kappa shape index (κ2) is 6.61. The van der Waals surface area contributed by atoms with Gasteiger partial charge in [-0.05, 0) is 47.4 Å². The summed E-state index contributed by atoms with van der Waals surface area (Å²) in [6, 6.07) is 14.9. The molecule has 0 bridgehead atoms. The average Bonchev–Trinajstić information content (AvgIpc) is 2.95. The van der Waals surface area contributed by atoms with Gasteiger partial charge in [0.1, 0.15) is 0 Å². The van der Waals surface area contributed by atoms with Crippen molar-refractivity contribution in [3.8, 4) is 0 Å². The molecule has 1 aliphatic rings. The number of ether oxygens (including phenoxy) is 1. The Bertz CT molecular complexity index is 626. The Morgan fingerprint density at radius 1 is 1.10 bits per heavy atom. The third kappa shape index (κ3) is 3.29. The van der Waals surface area contributed by atoms with Gasteiger partial charge in [0.15, 0.2) is 0 Å². The largest absolute Gasteiger partial charge is 0.372 e. The van der Waals surface area contributed by atoms with Gasteiger partial charge < -0.3 is 10.1 Å². The molecule has 0 saturated heterocycles. The first-order chi connectivity index (χ1) is 10.3. The van der Waals surface area contributed by atoms with E-state index < -0.39 is 0 Å². The minimum atomic E-state index is 0.176. The first kappa shape index (κ1) is 14.6. The van der Waals surface area contributed by atoms with E-state index >= 15 is 0 Å². The maximum absolute atomic E-state index is 6.16. The zero-order valence-corrected chi connectivity index (χ0v) is 13.0. The molecule has 2 aromatic rings. The van der Waals surface area contributed by atoms with Gasteiger partial charge in [-0.3, -0.25) is 0 Å². The molecule has 21 heavy (non-hydrogen) atoms. The lowest BCUT2D eigenvalue weighted by molar-refractivity contribution is 0.134. The van der Waals surface area contributed by atoms with Crippen LogP contribution in [0.3, 0.4) is 0 Å². The second-order valence-electron chi connectivity index (χ2n) is 5.46. The molecule has 1 atom stereocenters.